The monoisotopic (exact) mass is 1000 g/mol. The molecule has 2 N–H and O–H groups in total. The number of benzene rings is 2. The van der Waals surface area contributed by atoms with Crippen molar-refractivity contribution in [2.45, 2.75) is 189 Å². The van der Waals surface area contributed by atoms with E-state index in [2.05, 4.69) is 36.3 Å². The summed E-state index contributed by atoms with van der Waals surface area (Å²) in [6, 6.07) is 15.6. The molecule has 1 heterocycles. The average molecular weight is 1000 g/mol. The van der Waals surface area contributed by atoms with E-state index >= 15 is 0 Å². The maximum Gasteiger partial charge on any atom is 0.329 e. The van der Waals surface area contributed by atoms with Gasteiger partial charge in [-0.2, -0.15) is 0 Å². The normalized spacial score (nSPS) is 17.4. The fourth-order valence-electron chi connectivity index (χ4n) is 10.4. The van der Waals surface area contributed by atoms with Gasteiger partial charge in [0.1, 0.15) is 24.5 Å². The zero-order chi connectivity index (χ0) is 53.7. The van der Waals surface area contributed by atoms with Gasteiger partial charge in [-0.25, -0.2) is 4.79 Å². The van der Waals surface area contributed by atoms with Crippen molar-refractivity contribution in [1.82, 2.24) is 25.3 Å². The van der Waals surface area contributed by atoms with Crippen LogP contribution in [0.4, 0.5) is 0 Å². The number of Topliss-reactive ketones (excluding diaryl/α,β-unsaturated/α-hetero) is 1. The number of rotatable bonds is 32. The fraction of sp³-hybridized carbons (Fsp3) is 0.690. The van der Waals surface area contributed by atoms with Crippen LogP contribution in [-0.2, 0) is 56.0 Å². The zero-order valence-corrected chi connectivity index (χ0v) is 46.5. The van der Waals surface area contributed by atoms with E-state index in [-0.39, 0.29) is 60.3 Å². The molecule has 72 heavy (non-hydrogen) atoms. The van der Waals surface area contributed by atoms with Gasteiger partial charge in [-0.3, -0.25) is 28.9 Å². The summed E-state index contributed by atoms with van der Waals surface area (Å²) >= 11 is 0. The Kier molecular flexibility index (Phi) is 26.1. The lowest BCUT2D eigenvalue weighted by molar-refractivity contribution is -0.151. The Morgan fingerprint density at radius 1 is 0.778 bits per heavy atom. The summed E-state index contributed by atoms with van der Waals surface area (Å²) in [4.78, 5) is 89.5. The van der Waals surface area contributed by atoms with Crippen molar-refractivity contribution in [1.29, 1.82) is 0 Å². The van der Waals surface area contributed by atoms with Crippen LogP contribution in [0.1, 0.15) is 145 Å². The van der Waals surface area contributed by atoms with Gasteiger partial charge in [-0.05, 0) is 81.0 Å². The van der Waals surface area contributed by atoms with Crippen LogP contribution >= 0.6 is 0 Å². The Morgan fingerprint density at radius 3 is 1.93 bits per heavy atom. The molecule has 1 saturated heterocycles. The molecule has 9 atom stereocenters. The molecule has 0 saturated carbocycles. The summed E-state index contributed by atoms with van der Waals surface area (Å²) in [5, 5.41) is 6.10. The molecule has 2 aromatic rings. The number of carbonyl (C=O) groups is 6. The second-order valence-electron chi connectivity index (χ2n) is 21.3. The van der Waals surface area contributed by atoms with Gasteiger partial charge in [0.25, 0.3) is 0 Å². The predicted molar refractivity (Wildman–Crippen MR) is 285 cm³/mol. The number of hydrogen-bond donors (Lipinski definition) is 2. The first-order chi connectivity index (χ1) is 34.2. The lowest BCUT2D eigenvalue weighted by Gasteiger charge is -2.41. The SMILES string of the molecule is CCC(C)C(C(CC(=O)N1CCCC1C(OC)C(C)C(=O)NC(Cc1ccccc1)C(=O)OCc1ccccc1)OC)N(C)C(=O)C(NC(=O)C(C(C)C)N(C)CCCCCC(=O)C(C)(CC)CC)C(C)C. The van der Waals surface area contributed by atoms with Gasteiger partial charge in [0.05, 0.1) is 42.7 Å². The minimum Gasteiger partial charge on any atom is -0.459 e. The van der Waals surface area contributed by atoms with Gasteiger partial charge in [-0.1, -0.05) is 143 Å². The molecule has 14 heteroatoms. The first-order valence-electron chi connectivity index (χ1n) is 26.9. The molecule has 14 nitrogen and oxygen atoms in total. The predicted octanol–water partition coefficient (Wildman–Crippen LogP) is 8.43. The van der Waals surface area contributed by atoms with Gasteiger partial charge in [0, 0.05) is 46.1 Å². The molecule has 404 valence electrons. The van der Waals surface area contributed by atoms with Gasteiger partial charge in [-0.15, -0.1) is 0 Å². The lowest BCUT2D eigenvalue weighted by Crippen LogP contribution is -2.60. The number of methoxy groups -OCH3 is 2. The van der Waals surface area contributed by atoms with Gasteiger partial charge in [0.2, 0.25) is 23.6 Å². The van der Waals surface area contributed by atoms with Crippen LogP contribution in [0, 0.1) is 29.1 Å². The second-order valence-corrected chi connectivity index (χ2v) is 21.3. The number of amides is 4. The topological polar surface area (TPSA) is 164 Å². The molecule has 0 spiro atoms. The molecule has 2 aromatic carbocycles. The number of unbranched alkanes of at least 4 members (excludes halogenated alkanes) is 2. The minimum atomic E-state index is -0.959. The maximum atomic E-state index is 14.7. The number of ether oxygens (including phenoxy) is 3. The Labute approximate surface area is 433 Å². The van der Waals surface area contributed by atoms with Crippen LogP contribution in [0.15, 0.2) is 60.7 Å². The van der Waals surface area contributed by atoms with E-state index in [1.54, 1.807) is 30.9 Å². The van der Waals surface area contributed by atoms with Crippen molar-refractivity contribution in [2.75, 3.05) is 41.4 Å². The van der Waals surface area contributed by atoms with Crippen LogP contribution < -0.4 is 10.6 Å². The largest absolute Gasteiger partial charge is 0.459 e. The summed E-state index contributed by atoms with van der Waals surface area (Å²) in [5.74, 6) is -2.35. The highest BCUT2D eigenvalue weighted by atomic mass is 16.5. The van der Waals surface area contributed by atoms with E-state index in [0.717, 1.165) is 43.2 Å². The summed E-state index contributed by atoms with van der Waals surface area (Å²) in [6.07, 6.45) is 5.66. The summed E-state index contributed by atoms with van der Waals surface area (Å²) in [7, 11) is 6.78. The van der Waals surface area contributed by atoms with Crippen molar-refractivity contribution in [3.8, 4) is 0 Å². The maximum absolute atomic E-state index is 14.7. The smallest absolute Gasteiger partial charge is 0.329 e. The third-order valence-electron chi connectivity index (χ3n) is 15.6. The Bertz CT molecular complexity index is 1980. The van der Waals surface area contributed by atoms with Crippen molar-refractivity contribution in [3.63, 3.8) is 0 Å². The number of hydrogen-bond acceptors (Lipinski definition) is 10. The van der Waals surface area contributed by atoms with E-state index in [9.17, 15) is 28.8 Å². The number of carbonyl (C=O) groups excluding carboxylic acids is 6. The van der Waals surface area contributed by atoms with E-state index in [0.29, 0.717) is 44.6 Å². The van der Waals surface area contributed by atoms with E-state index in [1.165, 1.54) is 7.11 Å². The van der Waals surface area contributed by atoms with Crippen LogP contribution in [0.5, 0.6) is 0 Å². The van der Waals surface area contributed by atoms with Crippen molar-refractivity contribution in [3.05, 3.63) is 71.8 Å². The second kappa shape index (κ2) is 30.5. The van der Waals surface area contributed by atoms with E-state index in [1.807, 2.05) is 109 Å². The Balaban J connectivity index is 1.74. The molecule has 9 unspecified atom stereocenters. The van der Waals surface area contributed by atoms with Crippen molar-refractivity contribution < 1.29 is 43.0 Å². The molecule has 0 aliphatic carbocycles. The molecular weight excluding hydrogens is 911 g/mol. The Hall–Kier alpha value is -4.66. The molecule has 0 radical (unpaired) electrons. The third-order valence-corrected chi connectivity index (χ3v) is 15.6. The van der Waals surface area contributed by atoms with Gasteiger partial charge < -0.3 is 34.6 Å². The molecule has 0 aromatic heterocycles. The molecule has 3 rings (SSSR count). The van der Waals surface area contributed by atoms with Crippen LogP contribution in [0.2, 0.25) is 0 Å². The van der Waals surface area contributed by atoms with Crippen LogP contribution in [0.3, 0.4) is 0 Å². The van der Waals surface area contributed by atoms with Crippen LogP contribution in [0.25, 0.3) is 0 Å². The van der Waals surface area contributed by atoms with Crippen molar-refractivity contribution >= 4 is 35.4 Å². The fourth-order valence-corrected chi connectivity index (χ4v) is 10.4. The molecule has 4 amide bonds. The lowest BCUT2D eigenvalue weighted by atomic mass is 9.78. The Morgan fingerprint density at radius 2 is 1.39 bits per heavy atom. The molecule has 1 aliphatic rings. The highest BCUT2D eigenvalue weighted by Gasteiger charge is 2.44. The van der Waals surface area contributed by atoms with Crippen LogP contribution in [-0.4, -0.2) is 134 Å². The first kappa shape index (κ1) is 61.6. The highest BCUT2D eigenvalue weighted by Crippen LogP contribution is 2.31. The molecule has 1 fully saturated rings. The summed E-state index contributed by atoms with van der Waals surface area (Å²) in [6.45, 7) is 21.1. The number of esters is 1. The number of likely N-dealkylation sites (N-methyl/N-ethyl adjacent to an activating group) is 2. The van der Waals surface area contributed by atoms with Crippen molar-refractivity contribution in [2.24, 2.45) is 29.1 Å². The first-order valence-corrected chi connectivity index (χ1v) is 26.9. The number of likely N-dealkylation sites (tertiary alicyclic amines) is 1. The summed E-state index contributed by atoms with van der Waals surface area (Å²) in [5.41, 5.74) is 1.43. The van der Waals surface area contributed by atoms with Gasteiger partial charge in [0.15, 0.2) is 0 Å². The summed E-state index contributed by atoms with van der Waals surface area (Å²) < 4.78 is 17.9. The standard InChI is InChI=1S/C58H93N5O9/c1-15-41(8)52(62(12)56(68)50(39(4)5)60-55(67)51(40(6)7)61(11)34-26-20-25-33-48(64)58(10,16-2)17-3)47(70-13)37-49(65)63-35-27-32-46(63)53(71-14)42(9)54(66)59-45(36-43-28-21-18-22-29-43)57(69)72-38-44-30-23-19-24-31-44/h18-19,21-24,28-31,39-42,45-47,50-53H,15-17,20,25-27,32-38H2,1-14H3,(H,59,66)(H,60,67). The number of nitrogens with one attached hydrogen (secondary N) is 2. The third kappa shape index (κ3) is 17.5. The quantitative estimate of drug-likeness (QED) is 0.0537. The zero-order valence-electron chi connectivity index (χ0n) is 46.5. The minimum absolute atomic E-state index is 0.0212. The van der Waals surface area contributed by atoms with Gasteiger partial charge >= 0.3 is 5.97 Å². The van der Waals surface area contributed by atoms with E-state index < -0.39 is 60.2 Å². The van der Waals surface area contributed by atoms with E-state index in [4.69, 9.17) is 14.2 Å². The number of ketones is 1. The highest BCUT2D eigenvalue weighted by molar-refractivity contribution is 5.90. The molecule has 1 aliphatic heterocycles. The average Bonchev–Trinajstić information content (AvgIpc) is 3.86. The molecular formula is C58H93N5O9. The molecule has 0 bridgehead atoms. The number of nitrogens with zero attached hydrogens (tertiary/aromatic N) is 3.